The van der Waals surface area contributed by atoms with Crippen LogP contribution in [-0.4, -0.2) is 38.9 Å². The van der Waals surface area contributed by atoms with Gasteiger partial charge in [-0.25, -0.2) is 14.5 Å². The van der Waals surface area contributed by atoms with Crippen LogP contribution in [0.3, 0.4) is 0 Å². The fourth-order valence-electron chi connectivity index (χ4n) is 3.78. The van der Waals surface area contributed by atoms with Crippen molar-refractivity contribution >= 4 is 22.7 Å². The van der Waals surface area contributed by atoms with Crippen molar-refractivity contribution in [3.63, 3.8) is 0 Å². The molecule has 27 heavy (non-hydrogen) atoms. The number of fused-ring (bicyclic) bond motifs is 1. The lowest BCUT2D eigenvalue weighted by Crippen LogP contribution is -2.19. The minimum absolute atomic E-state index is 0.0634. The molecule has 1 N–H and O–H groups in total. The van der Waals surface area contributed by atoms with Crippen molar-refractivity contribution < 1.29 is 9.90 Å². The van der Waals surface area contributed by atoms with Crippen molar-refractivity contribution in [2.75, 3.05) is 18.0 Å². The third-order valence-corrected chi connectivity index (χ3v) is 5.10. The van der Waals surface area contributed by atoms with E-state index >= 15 is 0 Å². The minimum atomic E-state index is -1.01. The van der Waals surface area contributed by atoms with Gasteiger partial charge in [-0.3, -0.25) is 0 Å². The molecule has 3 heterocycles. The molecule has 1 aliphatic heterocycles. The molecular formula is C21H24N4O2. The summed E-state index contributed by atoms with van der Waals surface area (Å²) in [7, 11) is 0. The molecule has 0 aliphatic carbocycles. The Balaban J connectivity index is 2.06. The van der Waals surface area contributed by atoms with Gasteiger partial charge in [-0.05, 0) is 49.4 Å². The topological polar surface area (TPSA) is 71.2 Å². The molecule has 1 fully saturated rings. The Labute approximate surface area is 158 Å². The number of hydrogen-bond acceptors (Lipinski definition) is 4. The fraction of sp³-hybridized carbons (Fsp3) is 0.381. The molecular weight excluding hydrogens is 340 g/mol. The van der Waals surface area contributed by atoms with Crippen LogP contribution < -0.4 is 4.90 Å². The van der Waals surface area contributed by atoms with Crippen molar-refractivity contribution in [3.8, 4) is 5.69 Å². The summed E-state index contributed by atoms with van der Waals surface area (Å²) in [6, 6.07) is 9.75. The van der Waals surface area contributed by atoms with Gasteiger partial charge in [-0.15, -0.1) is 0 Å². The summed E-state index contributed by atoms with van der Waals surface area (Å²) in [6.07, 6.45) is 2.24. The largest absolute Gasteiger partial charge is 0.477 e. The van der Waals surface area contributed by atoms with Gasteiger partial charge in [-0.1, -0.05) is 26.0 Å². The van der Waals surface area contributed by atoms with E-state index in [0.717, 1.165) is 53.9 Å². The summed E-state index contributed by atoms with van der Waals surface area (Å²) < 4.78 is 1.80. The van der Waals surface area contributed by atoms with Gasteiger partial charge >= 0.3 is 5.97 Å². The minimum Gasteiger partial charge on any atom is -0.477 e. The maximum Gasteiger partial charge on any atom is 0.354 e. The SMILES string of the molecule is Cc1cccc(-n2nc(C(C)C)c3c(N4CCCC4)cc(C(=O)O)nc32)c1. The number of carboxylic acids is 1. The van der Waals surface area contributed by atoms with Crippen LogP contribution in [0, 0.1) is 6.92 Å². The van der Waals surface area contributed by atoms with Gasteiger partial charge in [0.25, 0.3) is 0 Å². The fourth-order valence-corrected chi connectivity index (χ4v) is 3.78. The number of aryl methyl sites for hydroxylation is 1. The third kappa shape index (κ3) is 3.05. The maximum absolute atomic E-state index is 11.7. The predicted molar refractivity (Wildman–Crippen MR) is 106 cm³/mol. The number of anilines is 1. The monoisotopic (exact) mass is 364 g/mol. The summed E-state index contributed by atoms with van der Waals surface area (Å²) in [4.78, 5) is 18.5. The standard InChI is InChI=1S/C21H24N4O2/c1-13(2)19-18-17(24-9-4-5-10-24)12-16(21(26)27)22-20(18)25(23-19)15-8-6-7-14(3)11-15/h6-8,11-13H,4-5,9-10H2,1-3H3,(H,26,27). The second-order valence-electron chi connectivity index (χ2n) is 7.52. The number of carbonyl (C=O) groups is 1. The summed E-state index contributed by atoms with van der Waals surface area (Å²) in [5.41, 5.74) is 4.60. The Bertz CT molecular complexity index is 1020. The Hall–Kier alpha value is -2.89. The molecule has 140 valence electrons. The normalized spacial score (nSPS) is 14.4. The van der Waals surface area contributed by atoms with E-state index in [1.165, 1.54) is 0 Å². The molecule has 0 amide bonds. The number of pyridine rings is 1. The van der Waals surface area contributed by atoms with Gasteiger partial charge < -0.3 is 10.0 Å². The molecule has 6 nitrogen and oxygen atoms in total. The van der Waals surface area contributed by atoms with Crippen molar-refractivity contribution in [1.29, 1.82) is 0 Å². The van der Waals surface area contributed by atoms with Crippen molar-refractivity contribution in [1.82, 2.24) is 14.8 Å². The lowest BCUT2D eigenvalue weighted by atomic mass is 10.1. The van der Waals surface area contributed by atoms with Crippen LogP contribution in [0.5, 0.6) is 0 Å². The smallest absolute Gasteiger partial charge is 0.354 e. The first-order chi connectivity index (χ1) is 13.0. The maximum atomic E-state index is 11.7. The van der Waals surface area contributed by atoms with E-state index in [1.807, 2.05) is 31.2 Å². The quantitative estimate of drug-likeness (QED) is 0.753. The lowest BCUT2D eigenvalue weighted by molar-refractivity contribution is 0.0691. The number of benzene rings is 1. The number of hydrogen-bond donors (Lipinski definition) is 1. The Morgan fingerprint density at radius 3 is 2.56 bits per heavy atom. The Kier molecular flexibility index (Phi) is 4.34. The number of aromatic nitrogens is 3. The number of nitrogens with zero attached hydrogens (tertiary/aromatic N) is 4. The van der Waals surface area contributed by atoms with Gasteiger partial charge in [0, 0.05) is 13.1 Å². The van der Waals surface area contributed by atoms with Gasteiger partial charge in [0.1, 0.15) is 0 Å². The third-order valence-electron chi connectivity index (χ3n) is 5.10. The van der Waals surface area contributed by atoms with E-state index in [9.17, 15) is 9.90 Å². The molecule has 3 aromatic rings. The second-order valence-corrected chi connectivity index (χ2v) is 7.52. The van der Waals surface area contributed by atoms with E-state index in [4.69, 9.17) is 5.10 Å². The molecule has 1 saturated heterocycles. The zero-order chi connectivity index (χ0) is 19.1. The highest BCUT2D eigenvalue weighted by Crippen LogP contribution is 2.36. The van der Waals surface area contributed by atoms with E-state index in [2.05, 4.69) is 23.7 Å². The highest BCUT2D eigenvalue weighted by molar-refractivity contribution is 5.98. The average molecular weight is 364 g/mol. The molecule has 0 saturated carbocycles. The summed E-state index contributed by atoms with van der Waals surface area (Å²) >= 11 is 0. The molecule has 0 bridgehead atoms. The van der Waals surface area contributed by atoms with Gasteiger partial charge in [0.05, 0.1) is 22.5 Å². The Morgan fingerprint density at radius 1 is 1.19 bits per heavy atom. The molecule has 1 aliphatic rings. The predicted octanol–water partition coefficient (Wildman–Crippen LogP) is 4.15. The molecule has 0 unspecified atom stereocenters. The van der Waals surface area contributed by atoms with E-state index in [0.29, 0.717) is 5.65 Å². The molecule has 4 rings (SSSR count). The Morgan fingerprint density at radius 2 is 1.93 bits per heavy atom. The van der Waals surface area contributed by atoms with Gasteiger partial charge in [-0.2, -0.15) is 5.10 Å². The molecule has 0 spiro atoms. The molecule has 2 aromatic heterocycles. The average Bonchev–Trinajstić information content (AvgIpc) is 3.29. The summed E-state index contributed by atoms with van der Waals surface area (Å²) in [6.45, 7) is 8.13. The molecule has 1 aromatic carbocycles. The van der Waals surface area contributed by atoms with Crippen molar-refractivity contribution in [2.45, 2.75) is 39.5 Å². The second kappa shape index (κ2) is 6.68. The molecule has 6 heteroatoms. The van der Waals surface area contributed by atoms with Crippen LogP contribution in [0.15, 0.2) is 30.3 Å². The highest BCUT2D eigenvalue weighted by Gasteiger charge is 2.25. The van der Waals surface area contributed by atoms with Crippen LogP contribution in [0.1, 0.15) is 54.4 Å². The van der Waals surface area contributed by atoms with Crippen molar-refractivity contribution in [2.24, 2.45) is 0 Å². The number of aromatic carboxylic acids is 1. The summed E-state index contributed by atoms with van der Waals surface area (Å²) in [5, 5.41) is 15.5. The van der Waals surface area contributed by atoms with Crippen LogP contribution in [-0.2, 0) is 0 Å². The van der Waals surface area contributed by atoms with Crippen LogP contribution in [0.4, 0.5) is 5.69 Å². The molecule has 0 atom stereocenters. The lowest BCUT2D eigenvalue weighted by Gasteiger charge is -2.20. The first kappa shape index (κ1) is 17.5. The first-order valence-electron chi connectivity index (χ1n) is 9.44. The van der Waals surface area contributed by atoms with Crippen LogP contribution in [0.2, 0.25) is 0 Å². The van der Waals surface area contributed by atoms with Crippen LogP contribution >= 0.6 is 0 Å². The zero-order valence-corrected chi connectivity index (χ0v) is 15.9. The van der Waals surface area contributed by atoms with E-state index in [-0.39, 0.29) is 11.6 Å². The van der Waals surface area contributed by atoms with E-state index < -0.39 is 5.97 Å². The number of rotatable bonds is 4. The summed E-state index contributed by atoms with van der Waals surface area (Å²) in [5.74, 6) is -0.808. The first-order valence-corrected chi connectivity index (χ1v) is 9.44. The molecule has 0 radical (unpaired) electrons. The van der Waals surface area contributed by atoms with E-state index in [1.54, 1.807) is 10.7 Å². The highest BCUT2D eigenvalue weighted by atomic mass is 16.4. The zero-order valence-electron chi connectivity index (χ0n) is 15.9. The van der Waals surface area contributed by atoms with Crippen molar-refractivity contribution in [3.05, 3.63) is 47.3 Å². The number of carboxylic acid groups (broad SMARTS) is 1. The van der Waals surface area contributed by atoms with Gasteiger partial charge in [0.15, 0.2) is 11.3 Å². The van der Waals surface area contributed by atoms with Crippen LogP contribution in [0.25, 0.3) is 16.7 Å². The van der Waals surface area contributed by atoms with Gasteiger partial charge in [0.2, 0.25) is 0 Å².